The van der Waals surface area contributed by atoms with Crippen LogP contribution in [0.2, 0.25) is 0 Å². The van der Waals surface area contributed by atoms with Gasteiger partial charge in [-0.15, -0.1) is 5.10 Å². The highest BCUT2D eigenvalue weighted by Gasteiger charge is 2.26. The first-order valence-electron chi connectivity index (χ1n) is 7.04. The topological polar surface area (TPSA) is 109 Å². The van der Waals surface area contributed by atoms with Gasteiger partial charge >= 0.3 is 5.97 Å². The van der Waals surface area contributed by atoms with Gasteiger partial charge in [-0.25, -0.2) is 4.68 Å². The molecule has 0 bridgehead atoms. The second-order valence-electron chi connectivity index (χ2n) is 5.97. The van der Waals surface area contributed by atoms with Crippen molar-refractivity contribution in [3.05, 3.63) is 11.9 Å². The van der Waals surface area contributed by atoms with E-state index >= 15 is 0 Å². The van der Waals surface area contributed by atoms with Gasteiger partial charge in [0, 0.05) is 5.54 Å². The van der Waals surface area contributed by atoms with Gasteiger partial charge in [0.25, 0.3) is 5.91 Å². The lowest BCUT2D eigenvalue weighted by atomic mass is 10.0. The lowest BCUT2D eigenvalue weighted by molar-refractivity contribution is -0.138. The van der Waals surface area contributed by atoms with Gasteiger partial charge < -0.3 is 15.7 Å². The molecule has 1 aliphatic heterocycles. The van der Waals surface area contributed by atoms with Gasteiger partial charge in [-0.3, -0.25) is 9.59 Å². The third-order valence-electron chi connectivity index (χ3n) is 3.47. The largest absolute Gasteiger partial charge is 0.481 e. The van der Waals surface area contributed by atoms with Crippen LogP contribution < -0.4 is 10.6 Å². The first-order chi connectivity index (χ1) is 9.87. The summed E-state index contributed by atoms with van der Waals surface area (Å²) in [7, 11) is 0. The van der Waals surface area contributed by atoms with Crippen LogP contribution in [0.3, 0.4) is 0 Å². The minimum atomic E-state index is -0.960. The van der Waals surface area contributed by atoms with Crippen molar-refractivity contribution in [1.29, 1.82) is 0 Å². The molecular weight excluding hydrogens is 274 g/mol. The minimum Gasteiger partial charge on any atom is -0.481 e. The molecule has 1 aromatic heterocycles. The van der Waals surface area contributed by atoms with E-state index in [4.69, 9.17) is 5.11 Å². The van der Waals surface area contributed by atoms with E-state index in [2.05, 4.69) is 20.9 Å². The zero-order valence-electron chi connectivity index (χ0n) is 12.3. The van der Waals surface area contributed by atoms with Crippen molar-refractivity contribution in [2.24, 2.45) is 0 Å². The van der Waals surface area contributed by atoms with Crippen LogP contribution in [0.25, 0.3) is 0 Å². The van der Waals surface area contributed by atoms with Crippen molar-refractivity contribution in [3.63, 3.8) is 0 Å². The third-order valence-corrected chi connectivity index (χ3v) is 3.47. The van der Waals surface area contributed by atoms with E-state index in [1.807, 2.05) is 0 Å². The highest BCUT2D eigenvalue weighted by Crippen LogP contribution is 2.17. The molecule has 0 aliphatic carbocycles. The first kappa shape index (κ1) is 15.4. The quantitative estimate of drug-likeness (QED) is 0.715. The van der Waals surface area contributed by atoms with Crippen molar-refractivity contribution in [3.8, 4) is 0 Å². The van der Waals surface area contributed by atoms with E-state index in [1.54, 1.807) is 24.7 Å². The van der Waals surface area contributed by atoms with Crippen LogP contribution >= 0.6 is 0 Å². The monoisotopic (exact) mass is 295 g/mol. The van der Waals surface area contributed by atoms with E-state index < -0.39 is 17.4 Å². The molecule has 1 saturated heterocycles. The molecule has 3 N–H and O–H groups in total. The standard InChI is InChI=1S/C13H21N5O3/c1-13(2,7-11(19)20)15-12(21)10-8-18(17-16-10)9-3-5-14-6-4-9/h8-9,14H,3-7H2,1-2H3,(H,15,21)(H,19,20). The predicted molar refractivity (Wildman–Crippen MR) is 75.0 cm³/mol. The van der Waals surface area contributed by atoms with E-state index in [0.29, 0.717) is 0 Å². The Morgan fingerprint density at radius 1 is 1.48 bits per heavy atom. The molecule has 0 saturated carbocycles. The number of nitrogens with one attached hydrogen (secondary N) is 2. The van der Waals surface area contributed by atoms with Gasteiger partial charge in [-0.05, 0) is 39.8 Å². The molecule has 1 aromatic rings. The number of piperidine rings is 1. The highest BCUT2D eigenvalue weighted by molar-refractivity contribution is 5.92. The van der Waals surface area contributed by atoms with Crippen LogP contribution in [0.1, 0.15) is 49.6 Å². The average Bonchev–Trinajstić information content (AvgIpc) is 2.87. The molecule has 0 aromatic carbocycles. The molecule has 1 aliphatic rings. The Balaban J connectivity index is 2.00. The maximum Gasteiger partial charge on any atom is 0.305 e. The number of aliphatic carboxylic acids is 1. The molecule has 8 heteroatoms. The lowest BCUT2D eigenvalue weighted by Gasteiger charge is -2.23. The number of hydrogen-bond donors (Lipinski definition) is 3. The molecule has 116 valence electrons. The second kappa shape index (κ2) is 6.21. The average molecular weight is 295 g/mol. The van der Waals surface area contributed by atoms with E-state index in [1.165, 1.54) is 0 Å². The first-order valence-corrected chi connectivity index (χ1v) is 7.04. The molecule has 0 spiro atoms. The van der Waals surface area contributed by atoms with Crippen molar-refractivity contribution >= 4 is 11.9 Å². The molecule has 21 heavy (non-hydrogen) atoms. The number of carboxylic acid groups (broad SMARTS) is 1. The summed E-state index contributed by atoms with van der Waals surface area (Å²) < 4.78 is 1.72. The van der Waals surface area contributed by atoms with Crippen LogP contribution in [-0.2, 0) is 4.79 Å². The summed E-state index contributed by atoms with van der Waals surface area (Å²) in [4.78, 5) is 22.9. The van der Waals surface area contributed by atoms with Gasteiger partial charge in [0.2, 0.25) is 0 Å². The van der Waals surface area contributed by atoms with Gasteiger partial charge in [0.1, 0.15) is 0 Å². The van der Waals surface area contributed by atoms with Crippen molar-refractivity contribution in [1.82, 2.24) is 25.6 Å². The number of carbonyl (C=O) groups is 2. The minimum absolute atomic E-state index is 0.152. The summed E-state index contributed by atoms with van der Waals surface area (Å²) in [5, 5.41) is 22.7. The van der Waals surface area contributed by atoms with E-state index in [0.717, 1.165) is 25.9 Å². The Labute approximate surface area is 122 Å². The van der Waals surface area contributed by atoms with E-state index in [9.17, 15) is 9.59 Å². The van der Waals surface area contributed by atoms with Gasteiger partial charge in [-0.2, -0.15) is 0 Å². The molecule has 0 radical (unpaired) electrons. The normalized spacial score (nSPS) is 16.7. The third kappa shape index (κ3) is 4.25. The molecule has 1 fully saturated rings. The summed E-state index contributed by atoms with van der Waals surface area (Å²) in [6.07, 6.45) is 3.38. The number of nitrogens with zero attached hydrogens (tertiary/aromatic N) is 3. The molecule has 2 heterocycles. The van der Waals surface area contributed by atoms with Crippen LogP contribution in [0.5, 0.6) is 0 Å². The Morgan fingerprint density at radius 3 is 2.76 bits per heavy atom. The highest BCUT2D eigenvalue weighted by atomic mass is 16.4. The van der Waals surface area contributed by atoms with Crippen LogP contribution in [0.15, 0.2) is 6.20 Å². The van der Waals surface area contributed by atoms with Gasteiger partial charge in [0.05, 0.1) is 18.7 Å². The van der Waals surface area contributed by atoms with Crippen molar-refractivity contribution in [2.75, 3.05) is 13.1 Å². The molecule has 0 unspecified atom stereocenters. The van der Waals surface area contributed by atoms with Gasteiger partial charge in [0.15, 0.2) is 5.69 Å². The smallest absolute Gasteiger partial charge is 0.305 e. The molecule has 1 amide bonds. The summed E-state index contributed by atoms with van der Waals surface area (Å²) in [5.41, 5.74) is -0.617. The number of carbonyl (C=O) groups excluding carboxylic acids is 1. The number of aromatic nitrogens is 3. The Bertz CT molecular complexity index is 520. The SMILES string of the molecule is CC(C)(CC(=O)O)NC(=O)c1cn(C2CCNCC2)nn1. The second-order valence-corrected chi connectivity index (χ2v) is 5.97. The number of hydrogen-bond acceptors (Lipinski definition) is 5. The fourth-order valence-corrected chi connectivity index (χ4v) is 2.42. The van der Waals surface area contributed by atoms with Crippen molar-refractivity contribution < 1.29 is 14.7 Å². The van der Waals surface area contributed by atoms with Crippen LogP contribution in [-0.4, -0.2) is 50.6 Å². The Hall–Kier alpha value is -1.96. The summed E-state index contributed by atoms with van der Waals surface area (Å²) >= 11 is 0. The number of rotatable bonds is 5. The maximum absolute atomic E-state index is 12.1. The number of amides is 1. The maximum atomic E-state index is 12.1. The fraction of sp³-hybridized carbons (Fsp3) is 0.692. The van der Waals surface area contributed by atoms with Crippen LogP contribution in [0, 0.1) is 0 Å². The van der Waals surface area contributed by atoms with Crippen molar-refractivity contribution in [2.45, 2.75) is 44.7 Å². The summed E-state index contributed by atoms with van der Waals surface area (Å²) in [6.45, 7) is 5.18. The molecule has 2 rings (SSSR count). The predicted octanol–water partition coefficient (Wildman–Crippen LogP) is 0.186. The lowest BCUT2D eigenvalue weighted by Crippen LogP contribution is -2.45. The number of carboxylic acids is 1. The van der Waals surface area contributed by atoms with Gasteiger partial charge in [-0.1, -0.05) is 5.21 Å². The molecular formula is C13H21N5O3. The summed E-state index contributed by atoms with van der Waals surface area (Å²) in [5.74, 6) is -1.36. The zero-order valence-corrected chi connectivity index (χ0v) is 12.3. The Kier molecular flexibility index (Phi) is 4.56. The molecule has 0 atom stereocenters. The zero-order chi connectivity index (χ0) is 15.5. The summed E-state index contributed by atoms with van der Waals surface area (Å²) in [6, 6.07) is 0.257. The van der Waals surface area contributed by atoms with Crippen LogP contribution in [0.4, 0.5) is 0 Å². The molecule has 8 nitrogen and oxygen atoms in total. The Morgan fingerprint density at radius 2 is 2.14 bits per heavy atom. The fourth-order valence-electron chi connectivity index (χ4n) is 2.42. The van der Waals surface area contributed by atoms with E-state index in [-0.39, 0.29) is 18.2 Å².